The van der Waals surface area contributed by atoms with Crippen molar-refractivity contribution >= 4 is 28.9 Å². The summed E-state index contributed by atoms with van der Waals surface area (Å²) in [5.74, 6) is -2.27. The van der Waals surface area contributed by atoms with Gasteiger partial charge in [-0.2, -0.15) is 5.10 Å². The van der Waals surface area contributed by atoms with Crippen molar-refractivity contribution in [3.8, 4) is 0 Å². The quantitative estimate of drug-likeness (QED) is 0.536. The van der Waals surface area contributed by atoms with Gasteiger partial charge in [-0.15, -0.1) is 0 Å². The first kappa shape index (κ1) is 26.0. The van der Waals surface area contributed by atoms with Crippen molar-refractivity contribution in [1.82, 2.24) is 4.90 Å². The fourth-order valence-corrected chi connectivity index (χ4v) is 6.61. The van der Waals surface area contributed by atoms with Crippen LogP contribution < -0.4 is 10.7 Å². The van der Waals surface area contributed by atoms with Crippen molar-refractivity contribution in [3.05, 3.63) is 64.4 Å². The van der Waals surface area contributed by atoms with Crippen molar-refractivity contribution in [3.63, 3.8) is 0 Å². The summed E-state index contributed by atoms with van der Waals surface area (Å²) in [7, 11) is 0. The molecular weight excluding hydrogens is 501 g/mol. The Hall–Kier alpha value is -2.58. The molecule has 5 nitrogen and oxygen atoms in total. The summed E-state index contributed by atoms with van der Waals surface area (Å²) < 4.78 is 41.9. The van der Waals surface area contributed by atoms with E-state index >= 15 is 0 Å². The monoisotopic (exact) mass is 532 g/mol. The lowest BCUT2D eigenvalue weighted by molar-refractivity contribution is -0.137. The molecule has 2 aromatic rings. The Bertz CT molecular complexity index is 1230. The number of rotatable bonds is 4. The maximum Gasteiger partial charge on any atom is 0.226 e. The standard InChI is InChI=1S/C28H32ClF3N4O/c1-16-11-26(36(34-16)19-4-6-24(31)23(29)13-19)17-7-9-35(10-8-17)27(37)22-15-28(2,33)14-21(22)20-5-3-18(30)12-25(20)32/h3-6,12-13,17,21-22,26H,7-11,14-15,33H2,1-2H3. The van der Waals surface area contributed by atoms with E-state index in [1.165, 1.54) is 18.2 Å². The molecule has 4 unspecified atom stereocenters. The van der Waals surface area contributed by atoms with Crippen LogP contribution in [0.4, 0.5) is 18.9 Å². The number of benzene rings is 2. The molecule has 2 heterocycles. The van der Waals surface area contributed by atoms with E-state index in [2.05, 4.69) is 5.10 Å². The Labute approximate surface area is 220 Å². The summed E-state index contributed by atoms with van der Waals surface area (Å²) in [6, 6.07) is 8.31. The van der Waals surface area contributed by atoms with E-state index in [-0.39, 0.29) is 22.9 Å². The van der Waals surface area contributed by atoms with Crippen LogP contribution in [0, 0.1) is 29.3 Å². The van der Waals surface area contributed by atoms with Crippen molar-refractivity contribution in [2.45, 2.75) is 63.5 Å². The number of carbonyl (C=O) groups is 1. The van der Waals surface area contributed by atoms with Crippen LogP contribution in [0.1, 0.15) is 57.4 Å². The minimum Gasteiger partial charge on any atom is -0.342 e. The number of amides is 1. The van der Waals surface area contributed by atoms with Gasteiger partial charge in [-0.25, -0.2) is 13.2 Å². The van der Waals surface area contributed by atoms with Gasteiger partial charge in [-0.3, -0.25) is 9.80 Å². The molecule has 1 aliphatic carbocycles. The van der Waals surface area contributed by atoms with E-state index in [1.54, 1.807) is 12.1 Å². The number of hydrogen-bond donors (Lipinski definition) is 1. The van der Waals surface area contributed by atoms with Crippen LogP contribution >= 0.6 is 11.6 Å². The molecule has 3 aliphatic rings. The molecule has 5 rings (SSSR count). The number of hydrazone groups is 1. The van der Waals surface area contributed by atoms with Crippen molar-refractivity contribution < 1.29 is 18.0 Å². The third-order valence-electron chi connectivity index (χ3n) is 8.20. The fraction of sp³-hybridized carbons (Fsp3) is 0.500. The third-order valence-corrected chi connectivity index (χ3v) is 8.49. The Kier molecular flexibility index (Phi) is 7.00. The normalized spacial score (nSPS) is 28.6. The number of halogens is 4. The van der Waals surface area contributed by atoms with Gasteiger partial charge in [0.2, 0.25) is 5.91 Å². The highest BCUT2D eigenvalue weighted by Crippen LogP contribution is 2.46. The van der Waals surface area contributed by atoms with E-state index in [4.69, 9.17) is 17.3 Å². The molecule has 198 valence electrons. The van der Waals surface area contributed by atoms with Crippen LogP contribution in [0.2, 0.25) is 5.02 Å². The summed E-state index contributed by atoms with van der Waals surface area (Å²) in [5, 5.41) is 6.69. The maximum absolute atomic E-state index is 14.7. The van der Waals surface area contributed by atoms with Crippen LogP contribution in [0.25, 0.3) is 0 Å². The summed E-state index contributed by atoms with van der Waals surface area (Å²) in [6.45, 7) is 5.05. The van der Waals surface area contributed by atoms with Crippen LogP contribution in [-0.2, 0) is 4.79 Å². The molecule has 2 aliphatic heterocycles. The van der Waals surface area contributed by atoms with Crippen LogP contribution in [-0.4, -0.2) is 41.2 Å². The zero-order valence-electron chi connectivity index (χ0n) is 21.1. The van der Waals surface area contributed by atoms with E-state index in [1.807, 2.05) is 23.8 Å². The second kappa shape index (κ2) is 9.95. The van der Waals surface area contributed by atoms with Crippen LogP contribution in [0.5, 0.6) is 0 Å². The molecule has 0 bridgehead atoms. The first-order valence-corrected chi connectivity index (χ1v) is 13.2. The fourth-order valence-electron chi connectivity index (χ4n) is 6.43. The second-order valence-corrected chi connectivity index (χ2v) is 11.6. The molecule has 0 spiro atoms. The van der Waals surface area contributed by atoms with Gasteiger partial charge in [-0.05, 0) is 75.3 Å². The van der Waals surface area contributed by atoms with Crippen LogP contribution in [0.3, 0.4) is 0 Å². The average Bonchev–Trinajstić information content (AvgIpc) is 3.39. The minimum atomic E-state index is -0.636. The first-order valence-electron chi connectivity index (χ1n) is 12.8. The smallest absolute Gasteiger partial charge is 0.226 e. The number of carbonyl (C=O) groups excluding carboxylic acids is 1. The van der Waals surface area contributed by atoms with E-state index < -0.39 is 28.9 Å². The van der Waals surface area contributed by atoms with Gasteiger partial charge in [0.15, 0.2) is 0 Å². The molecule has 37 heavy (non-hydrogen) atoms. The number of piperidine rings is 1. The van der Waals surface area contributed by atoms with Crippen molar-refractivity contribution in [2.24, 2.45) is 22.7 Å². The zero-order chi connectivity index (χ0) is 26.5. The van der Waals surface area contributed by atoms with Gasteiger partial charge in [-0.1, -0.05) is 17.7 Å². The van der Waals surface area contributed by atoms with E-state index in [0.717, 1.165) is 36.7 Å². The summed E-state index contributed by atoms with van der Waals surface area (Å²) in [5.41, 5.74) is 7.95. The molecule has 1 saturated heterocycles. The largest absolute Gasteiger partial charge is 0.342 e. The van der Waals surface area contributed by atoms with Gasteiger partial charge in [0.05, 0.1) is 16.8 Å². The molecule has 4 atom stereocenters. The molecule has 0 aromatic heterocycles. The molecule has 2 aromatic carbocycles. The van der Waals surface area contributed by atoms with Gasteiger partial charge >= 0.3 is 0 Å². The van der Waals surface area contributed by atoms with Gasteiger partial charge in [0.1, 0.15) is 17.5 Å². The SMILES string of the molecule is CC1=NN(c2ccc(F)c(Cl)c2)C(C2CCN(C(=O)C3CC(C)(N)CC3c3ccc(F)cc3F)CC2)C1. The van der Waals surface area contributed by atoms with E-state index in [0.29, 0.717) is 37.4 Å². The minimum absolute atomic E-state index is 0.0117. The Morgan fingerprint density at radius 3 is 2.49 bits per heavy atom. The number of nitrogens with two attached hydrogens (primary N) is 1. The lowest BCUT2D eigenvalue weighted by Crippen LogP contribution is -2.46. The molecule has 2 fully saturated rings. The average molecular weight is 533 g/mol. The third kappa shape index (κ3) is 5.23. The van der Waals surface area contributed by atoms with Gasteiger partial charge in [0, 0.05) is 48.7 Å². The highest BCUT2D eigenvalue weighted by molar-refractivity contribution is 6.31. The lowest BCUT2D eigenvalue weighted by Gasteiger charge is -2.39. The molecule has 1 saturated carbocycles. The highest BCUT2D eigenvalue weighted by atomic mass is 35.5. The molecule has 2 N–H and O–H groups in total. The Morgan fingerprint density at radius 2 is 1.81 bits per heavy atom. The number of hydrogen-bond acceptors (Lipinski definition) is 4. The summed E-state index contributed by atoms with van der Waals surface area (Å²) in [4.78, 5) is 15.5. The molecule has 0 radical (unpaired) electrons. The van der Waals surface area contributed by atoms with Gasteiger partial charge in [0.25, 0.3) is 0 Å². The Balaban J connectivity index is 1.28. The predicted molar refractivity (Wildman–Crippen MR) is 139 cm³/mol. The summed E-state index contributed by atoms with van der Waals surface area (Å²) in [6.07, 6.45) is 3.33. The first-order chi connectivity index (χ1) is 17.5. The second-order valence-electron chi connectivity index (χ2n) is 11.2. The van der Waals surface area contributed by atoms with Crippen molar-refractivity contribution in [2.75, 3.05) is 18.1 Å². The van der Waals surface area contributed by atoms with E-state index in [9.17, 15) is 18.0 Å². The molecule has 1 amide bonds. The Morgan fingerprint density at radius 1 is 1.08 bits per heavy atom. The number of anilines is 1. The predicted octanol–water partition coefficient (Wildman–Crippen LogP) is 5.86. The topological polar surface area (TPSA) is 61.9 Å². The van der Waals surface area contributed by atoms with Gasteiger partial charge < -0.3 is 10.6 Å². The lowest BCUT2D eigenvalue weighted by atomic mass is 9.84. The number of nitrogens with zero attached hydrogens (tertiary/aromatic N) is 3. The highest BCUT2D eigenvalue weighted by Gasteiger charge is 2.47. The summed E-state index contributed by atoms with van der Waals surface area (Å²) >= 11 is 6.03. The molecular formula is C28H32ClF3N4O. The van der Waals surface area contributed by atoms with Crippen molar-refractivity contribution in [1.29, 1.82) is 0 Å². The number of likely N-dealkylation sites (tertiary alicyclic amines) is 1. The zero-order valence-corrected chi connectivity index (χ0v) is 21.8. The maximum atomic E-state index is 14.7. The van der Waals surface area contributed by atoms with Crippen LogP contribution in [0.15, 0.2) is 41.5 Å². The molecule has 9 heteroatoms.